The van der Waals surface area contributed by atoms with E-state index in [1.54, 1.807) is 6.92 Å². The summed E-state index contributed by atoms with van der Waals surface area (Å²) in [4.78, 5) is 16.7. The van der Waals surface area contributed by atoms with Crippen LogP contribution in [0.5, 0.6) is 0 Å². The van der Waals surface area contributed by atoms with E-state index in [4.69, 9.17) is 4.52 Å². The molecule has 0 spiro atoms. The molecule has 22 heavy (non-hydrogen) atoms. The number of amides is 1. The van der Waals surface area contributed by atoms with E-state index in [0.29, 0.717) is 43.9 Å². The number of carbonyl (C=O) groups is 1. The Labute approximate surface area is 127 Å². The summed E-state index contributed by atoms with van der Waals surface area (Å²) in [5.74, 6) is 0.927. The number of hydrogen-bond acceptors (Lipinski definition) is 5. The van der Waals surface area contributed by atoms with Gasteiger partial charge < -0.3 is 9.84 Å². The minimum atomic E-state index is -4.19. The Morgan fingerprint density at radius 2 is 2.09 bits per heavy atom. The van der Waals surface area contributed by atoms with Gasteiger partial charge in [-0.2, -0.15) is 18.2 Å². The van der Waals surface area contributed by atoms with Gasteiger partial charge in [0.15, 0.2) is 5.82 Å². The third-order valence-corrected chi connectivity index (χ3v) is 2.85. The molecule has 0 bridgehead atoms. The molecule has 1 aromatic heterocycles. The van der Waals surface area contributed by atoms with Crippen LogP contribution < -0.4 is 5.32 Å². The van der Waals surface area contributed by atoms with E-state index in [1.807, 2.05) is 0 Å². The van der Waals surface area contributed by atoms with Gasteiger partial charge in [-0.25, -0.2) is 0 Å². The Morgan fingerprint density at radius 3 is 2.68 bits per heavy atom. The molecule has 0 aliphatic carbocycles. The fourth-order valence-corrected chi connectivity index (χ4v) is 1.89. The van der Waals surface area contributed by atoms with Crippen LogP contribution in [0.2, 0.25) is 0 Å². The smallest absolute Gasteiger partial charge is 0.356 e. The zero-order chi connectivity index (χ0) is 16.6. The third kappa shape index (κ3) is 8.60. The van der Waals surface area contributed by atoms with E-state index < -0.39 is 12.7 Å². The summed E-state index contributed by atoms with van der Waals surface area (Å²) in [6, 6.07) is 0. The minimum absolute atomic E-state index is 0.130. The van der Waals surface area contributed by atoms with Crippen LogP contribution in [-0.2, 0) is 11.2 Å². The van der Waals surface area contributed by atoms with E-state index in [9.17, 15) is 18.0 Å². The molecule has 0 radical (unpaired) electrons. The average molecular weight is 322 g/mol. The van der Waals surface area contributed by atoms with Gasteiger partial charge in [0.1, 0.15) is 0 Å². The number of aryl methyl sites for hydroxylation is 2. The number of hydrogen-bond donors (Lipinski definition) is 1. The molecule has 0 saturated heterocycles. The highest BCUT2D eigenvalue weighted by Crippen LogP contribution is 2.15. The molecule has 6 nitrogen and oxygen atoms in total. The molecular formula is C13H21F3N4O2. The van der Waals surface area contributed by atoms with Crippen molar-refractivity contribution in [2.24, 2.45) is 0 Å². The van der Waals surface area contributed by atoms with Crippen LogP contribution in [0.4, 0.5) is 13.2 Å². The summed E-state index contributed by atoms with van der Waals surface area (Å²) >= 11 is 0. The highest BCUT2D eigenvalue weighted by molar-refractivity contribution is 5.75. The zero-order valence-corrected chi connectivity index (χ0v) is 12.7. The highest BCUT2D eigenvalue weighted by atomic mass is 19.4. The molecule has 1 heterocycles. The zero-order valence-electron chi connectivity index (χ0n) is 12.7. The summed E-state index contributed by atoms with van der Waals surface area (Å²) in [6.07, 6.45) is -2.28. The van der Waals surface area contributed by atoms with Crippen molar-refractivity contribution in [3.63, 3.8) is 0 Å². The fraction of sp³-hybridized carbons (Fsp3) is 0.769. The van der Waals surface area contributed by atoms with Crippen molar-refractivity contribution in [1.82, 2.24) is 20.4 Å². The summed E-state index contributed by atoms with van der Waals surface area (Å²) < 4.78 is 41.2. The second kappa shape index (κ2) is 8.72. The van der Waals surface area contributed by atoms with Crippen LogP contribution in [0.3, 0.4) is 0 Å². The second-order valence-electron chi connectivity index (χ2n) is 5.15. The van der Waals surface area contributed by atoms with Gasteiger partial charge >= 0.3 is 6.18 Å². The van der Waals surface area contributed by atoms with Gasteiger partial charge in [0.25, 0.3) is 0 Å². The summed E-state index contributed by atoms with van der Waals surface area (Å²) in [5.41, 5.74) is 0. The monoisotopic (exact) mass is 322 g/mol. The summed E-state index contributed by atoms with van der Waals surface area (Å²) in [7, 11) is 1.40. The summed E-state index contributed by atoms with van der Waals surface area (Å²) in [6.45, 7) is 1.42. The molecule has 1 aromatic rings. The van der Waals surface area contributed by atoms with Crippen LogP contribution in [-0.4, -0.2) is 53.8 Å². The number of rotatable bonds is 9. The molecule has 1 rings (SSSR count). The van der Waals surface area contributed by atoms with Gasteiger partial charge in [0.05, 0.1) is 6.54 Å². The lowest BCUT2D eigenvalue weighted by Gasteiger charge is -2.18. The maximum atomic E-state index is 12.1. The second-order valence-corrected chi connectivity index (χ2v) is 5.15. The largest absolute Gasteiger partial charge is 0.401 e. The molecule has 0 aliphatic heterocycles. The molecule has 1 amide bonds. The lowest BCUT2D eigenvalue weighted by Crippen LogP contribution is -2.33. The lowest BCUT2D eigenvalue weighted by atomic mass is 10.2. The van der Waals surface area contributed by atoms with Crippen LogP contribution in [0.25, 0.3) is 0 Å². The van der Waals surface area contributed by atoms with Crippen molar-refractivity contribution in [3.8, 4) is 0 Å². The fourth-order valence-electron chi connectivity index (χ4n) is 1.89. The topological polar surface area (TPSA) is 71.3 Å². The Kier molecular flexibility index (Phi) is 7.30. The molecule has 0 aliphatic rings. The molecule has 0 unspecified atom stereocenters. The van der Waals surface area contributed by atoms with Gasteiger partial charge in [-0.3, -0.25) is 9.69 Å². The first kappa shape index (κ1) is 18.4. The molecule has 9 heteroatoms. The molecule has 0 atom stereocenters. The van der Waals surface area contributed by atoms with Crippen molar-refractivity contribution < 1.29 is 22.5 Å². The van der Waals surface area contributed by atoms with E-state index in [-0.39, 0.29) is 12.5 Å². The van der Waals surface area contributed by atoms with Crippen molar-refractivity contribution in [2.45, 2.75) is 38.8 Å². The third-order valence-electron chi connectivity index (χ3n) is 2.85. The van der Waals surface area contributed by atoms with Gasteiger partial charge in [-0.05, 0) is 33.4 Å². The van der Waals surface area contributed by atoms with E-state index in [2.05, 4.69) is 15.5 Å². The van der Waals surface area contributed by atoms with Crippen molar-refractivity contribution in [3.05, 3.63) is 11.7 Å². The average Bonchev–Trinajstić information content (AvgIpc) is 2.78. The van der Waals surface area contributed by atoms with Crippen molar-refractivity contribution >= 4 is 5.91 Å². The standard InChI is InChI=1S/C13H21F3N4O2/c1-10-18-12(22-19-10)6-3-5-11(21)17-7-4-8-20(2)9-13(14,15)16/h3-9H2,1-2H3,(H,17,21). The number of alkyl halides is 3. The highest BCUT2D eigenvalue weighted by Gasteiger charge is 2.28. The number of halogens is 3. The van der Waals surface area contributed by atoms with E-state index in [0.717, 1.165) is 0 Å². The lowest BCUT2D eigenvalue weighted by molar-refractivity contribution is -0.143. The molecule has 0 fully saturated rings. The predicted molar refractivity (Wildman–Crippen MR) is 73.2 cm³/mol. The minimum Gasteiger partial charge on any atom is -0.356 e. The normalized spacial score (nSPS) is 11.9. The molecule has 126 valence electrons. The number of carbonyl (C=O) groups excluding carboxylic acids is 1. The number of nitrogens with one attached hydrogen (secondary N) is 1. The Morgan fingerprint density at radius 1 is 1.36 bits per heavy atom. The first-order valence-corrected chi connectivity index (χ1v) is 7.07. The van der Waals surface area contributed by atoms with E-state index >= 15 is 0 Å². The maximum Gasteiger partial charge on any atom is 0.401 e. The van der Waals surface area contributed by atoms with Crippen molar-refractivity contribution in [1.29, 1.82) is 0 Å². The Balaban J connectivity index is 2.04. The first-order valence-electron chi connectivity index (χ1n) is 7.07. The van der Waals surface area contributed by atoms with Gasteiger partial charge in [-0.1, -0.05) is 5.16 Å². The van der Waals surface area contributed by atoms with Gasteiger partial charge in [0, 0.05) is 19.4 Å². The molecular weight excluding hydrogens is 301 g/mol. The molecule has 0 saturated carbocycles. The first-order chi connectivity index (χ1) is 10.3. The van der Waals surface area contributed by atoms with Gasteiger partial charge in [0.2, 0.25) is 11.8 Å². The van der Waals surface area contributed by atoms with E-state index in [1.165, 1.54) is 11.9 Å². The quantitative estimate of drug-likeness (QED) is 0.701. The SMILES string of the molecule is Cc1noc(CCCC(=O)NCCCN(C)CC(F)(F)F)n1. The van der Waals surface area contributed by atoms with Crippen LogP contribution in [0, 0.1) is 6.92 Å². The van der Waals surface area contributed by atoms with Gasteiger partial charge in [-0.15, -0.1) is 0 Å². The predicted octanol–water partition coefficient (Wildman–Crippen LogP) is 1.70. The van der Waals surface area contributed by atoms with Crippen LogP contribution in [0.1, 0.15) is 31.0 Å². The van der Waals surface area contributed by atoms with Crippen LogP contribution in [0.15, 0.2) is 4.52 Å². The Hall–Kier alpha value is -1.64. The van der Waals surface area contributed by atoms with Crippen LogP contribution >= 0.6 is 0 Å². The maximum absolute atomic E-state index is 12.1. The molecule has 1 N–H and O–H groups in total. The molecule has 0 aromatic carbocycles. The number of nitrogens with zero attached hydrogens (tertiary/aromatic N) is 3. The van der Waals surface area contributed by atoms with Crippen molar-refractivity contribution in [2.75, 3.05) is 26.7 Å². The Bertz CT molecular complexity index is 462. The number of aromatic nitrogens is 2. The summed E-state index contributed by atoms with van der Waals surface area (Å²) in [5, 5.41) is 6.32.